The van der Waals surface area contributed by atoms with Crippen molar-refractivity contribution in [2.75, 3.05) is 31.2 Å². The van der Waals surface area contributed by atoms with Crippen LogP contribution in [-0.2, 0) is 6.18 Å². The third kappa shape index (κ3) is 4.55. The van der Waals surface area contributed by atoms with Crippen molar-refractivity contribution in [2.45, 2.75) is 37.9 Å². The van der Waals surface area contributed by atoms with Crippen LogP contribution in [0.1, 0.15) is 48.5 Å². The second kappa shape index (κ2) is 8.42. The van der Waals surface area contributed by atoms with Crippen LogP contribution < -0.4 is 16.6 Å². The molecule has 1 aliphatic heterocycles. The number of nitrogens with zero attached hydrogens (tertiary/aromatic N) is 3. The first kappa shape index (κ1) is 22.1. The molecular formula is C22H25F3N6O. The first-order valence-electron chi connectivity index (χ1n) is 10.4. The summed E-state index contributed by atoms with van der Waals surface area (Å²) in [5.74, 6) is 0.613. The Bertz CT molecular complexity index is 1190. The number of hydrogen-bond donors (Lipinski definition) is 3. The molecule has 0 amide bonds. The number of halogens is 3. The lowest BCUT2D eigenvalue weighted by Gasteiger charge is -2.29. The van der Waals surface area contributed by atoms with Crippen molar-refractivity contribution in [3.63, 3.8) is 0 Å². The molecule has 0 radical (unpaired) electrons. The van der Waals surface area contributed by atoms with Gasteiger partial charge in [-0.2, -0.15) is 18.3 Å². The van der Waals surface area contributed by atoms with Crippen molar-refractivity contribution in [1.82, 2.24) is 20.1 Å². The summed E-state index contributed by atoms with van der Waals surface area (Å²) >= 11 is 0. The molecule has 2 atom stereocenters. The molecule has 3 heterocycles. The predicted octanol–water partition coefficient (Wildman–Crippen LogP) is 3.90. The number of nitrogens with one attached hydrogen (secondary N) is 2. The monoisotopic (exact) mass is 446 g/mol. The van der Waals surface area contributed by atoms with Gasteiger partial charge >= 0.3 is 6.18 Å². The van der Waals surface area contributed by atoms with E-state index in [0.29, 0.717) is 22.2 Å². The lowest BCUT2D eigenvalue weighted by atomic mass is 9.94. The normalized spacial score (nSPS) is 18.6. The minimum atomic E-state index is -4.50. The number of rotatable bonds is 4. The van der Waals surface area contributed by atoms with E-state index in [-0.39, 0.29) is 17.2 Å². The number of likely N-dealkylation sites (N-methyl/N-ethyl adjacent to an activating group) is 1. The molecule has 0 spiro atoms. The highest BCUT2D eigenvalue weighted by molar-refractivity contribution is 5.90. The minimum Gasteiger partial charge on any atom is -0.399 e. The molecule has 3 aromatic rings. The van der Waals surface area contributed by atoms with Gasteiger partial charge in [-0.25, -0.2) is 5.10 Å². The highest BCUT2D eigenvalue weighted by Gasteiger charge is 2.31. The smallest absolute Gasteiger partial charge is 0.399 e. The molecule has 7 nitrogen and oxygen atoms in total. The number of pyridine rings is 1. The van der Waals surface area contributed by atoms with Crippen LogP contribution in [-0.4, -0.2) is 40.2 Å². The number of benzene rings is 1. The fourth-order valence-electron chi connectivity index (χ4n) is 4.20. The van der Waals surface area contributed by atoms with Crippen molar-refractivity contribution < 1.29 is 13.2 Å². The van der Waals surface area contributed by atoms with Crippen LogP contribution in [0.15, 0.2) is 35.3 Å². The quantitative estimate of drug-likeness (QED) is 0.526. The molecule has 0 unspecified atom stereocenters. The van der Waals surface area contributed by atoms with Gasteiger partial charge in [0, 0.05) is 35.4 Å². The number of hydrogen-bond acceptors (Lipinski definition) is 6. The molecule has 32 heavy (non-hydrogen) atoms. The van der Waals surface area contributed by atoms with E-state index >= 15 is 0 Å². The molecule has 2 aromatic heterocycles. The van der Waals surface area contributed by atoms with Crippen LogP contribution in [0.25, 0.3) is 10.8 Å². The third-order valence-electron chi connectivity index (χ3n) is 5.90. The van der Waals surface area contributed by atoms with Crippen molar-refractivity contribution in [1.29, 1.82) is 0 Å². The van der Waals surface area contributed by atoms with Gasteiger partial charge in [-0.15, -0.1) is 0 Å². The number of fused-ring (bicyclic) bond motifs is 1. The number of aromatic amines is 1. The average Bonchev–Trinajstić information content (AvgIpc) is 2.74. The number of nitrogens with two attached hydrogens (primary N) is 1. The second-order valence-corrected chi connectivity index (χ2v) is 8.41. The third-order valence-corrected chi connectivity index (χ3v) is 5.90. The molecule has 0 bridgehead atoms. The molecule has 170 valence electrons. The molecule has 1 aliphatic rings. The average molecular weight is 446 g/mol. The van der Waals surface area contributed by atoms with Gasteiger partial charge in [0.2, 0.25) is 0 Å². The highest BCUT2D eigenvalue weighted by Crippen LogP contribution is 2.34. The summed E-state index contributed by atoms with van der Waals surface area (Å²) in [5, 5.41) is 10.6. The van der Waals surface area contributed by atoms with E-state index in [1.165, 1.54) is 12.3 Å². The second-order valence-electron chi connectivity index (χ2n) is 8.41. The van der Waals surface area contributed by atoms with Gasteiger partial charge in [-0.3, -0.25) is 9.78 Å². The van der Waals surface area contributed by atoms with E-state index in [1.807, 2.05) is 6.07 Å². The van der Waals surface area contributed by atoms with E-state index in [1.54, 1.807) is 6.92 Å². The van der Waals surface area contributed by atoms with Gasteiger partial charge in [-0.05, 0) is 63.2 Å². The van der Waals surface area contributed by atoms with Crippen molar-refractivity contribution in [3.05, 3.63) is 57.6 Å². The number of piperidine rings is 1. The number of nitrogen functional groups attached to an aromatic ring is 1. The Morgan fingerprint density at radius 1 is 1.25 bits per heavy atom. The Labute approximate surface area is 182 Å². The Kier molecular flexibility index (Phi) is 5.81. The topological polar surface area (TPSA) is 99.9 Å². The summed E-state index contributed by atoms with van der Waals surface area (Å²) in [6.45, 7) is 3.62. The summed E-state index contributed by atoms with van der Waals surface area (Å²) in [7, 11) is 2.06. The molecular weight excluding hydrogens is 421 g/mol. The van der Waals surface area contributed by atoms with Gasteiger partial charge < -0.3 is 16.0 Å². The van der Waals surface area contributed by atoms with E-state index in [2.05, 4.69) is 32.4 Å². The standard InChI is InChI=1S/C22H25F3N6O/c1-12(14-6-15(22(23,24)25)8-16(26)7-14)28-20-17-9-19(13-4-3-5-31(2)11-13)27-10-18(17)21(32)30-29-20/h6-10,12-13H,3-5,11,26H2,1-2H3,(H,28,29)(H,30,32)/t12-,13+/m1/s1. The van der Waals surface area contributed by atoms with Crippen molar-refractivity contribution in [2.24, 2.45) is 0 Å². The van der Waals surface area contributed by atoms with Crippen LogP contribution in [0, 0.1) is 0 Å². The lowest BCUT2D eigenvalue weighted by Crippen LogP contribution is -2.31. The van der Waals surface area contributed by atoms with E-state index in [0.717, 1.165) is 43.8 Å². The first-order valence-corrected chi connectivity index (χ1v) is 10.4. The molecule has 10 heteroatoms. The summed E-state index contributed by atoms with van der Waals surface area (Å²) in [4.78, 5) is 19.0. The van der Waals surface area contributed by atoms with Crippen LogP contribution in [0.4, 0.5) is 24.7 Å². The zero-order valence-corrected chi connectivity index (χ0v) is 17.8. The van der Waals surface area contributed by atoms with Crippen LogP contribution in [0.5, 0.6) is 0 Å². The summed E-state index contributed by atoms with van der Waals surface area (Å²) in [6.07, 6.45) is -0.895. The zero-order valence-electron chi connectivity index (χ0n) is 17.8. The van der Waals surface area contributed by atoms with Gasteiger partial charge in [0.15, 0.2) is 5.82 Å². The van der Waals surface area contributed by atoms with E-state index in [9.17, 15) is 18.0 Å². The molecule has 0 saturated carbocycles. The molecule has 1 saturated heterocycles. The molecule has 1 aromatic carbocycles. The molecule has 4 rings (SSSR count). The number of likely N-dealkylation sites (tertiary alicyclic amines) is 1. The fourth-order valence-corrected chi connectivity index (χ4v) is 4.20. The molecule has 4 N–H and O–H groups in total. The van der Waals surface area contributed by atoms with Gasteiger partial charge in [0.1, 0.15) is 0 Å². The Morgan fingerprint density at radius 2 is 2.03 bits per heavy atom. The van der Waals surface area contributed by atoms with E-state index < -0.39 is 17.8 Å². The van der Waals surface area contributed by atoms with Crippen molar-refractivity contribution in [3.8, 4) is 0 Å². The highest BCUT2D eigenvalue weighted by atomic mass is 19.4. The Morgan fingerprint density at radius 3 is 2.75 bits per heavy atom. The van der Waals surface area contributed by atoms with Gasteiger partial charge in [0.05, 0.1) is 17.0 Å². The van der Waals surface area contributed by atoms with Crippen molar-refractivity contribution >= 4 is 22.3 Å². The number of alkyl halides is 3. The first-order chi connectivity index (χ1) is 15.1. The van der Waals surface area contributed by atoms with Gasteiger partial charge in [0.25, 0.3) is 5.56 Å². The molecule has 1 fully saturated rings. The largest absolute Gasteiger partial charge is 0.416 e. The number of aromatic nitrogens is 3. The van der Waals surface area contributed by atoms with Crippen LogP contribution in [0.3, 0.4) is 0 Å². The maximum absolute atomic E-state index is 13.2. The summed E-state index contributed by atoms with van der Waals surface area (Å²) in [5.41, 5.74) is 5.78. The summed E-state index contributed by atoms with van der Waals surface area (Å²) in [6, 6.07) is 4.77. The lowest BCUT2D eigenvalue weighted by molar-refractivity contribution is -0.137. The minimum absolute atomic E-state index is 0.0238. The summed E-state index contributed by atoms with van der Waals surface area (Å²) < 4.78 is 39.6. The predicted molar refractivity (Wildman–Crippen MR) is 118 cm³/mol. The van der Waals surface area contributed by atoms with E-state index in [4.69, 9.17) is 5.73 Å². The Hall–Kier alpha value is -3.14. The number of H-pyrrole nitrogens is 1. The van der Waals surface area contributed by atoms with Gasteiger partial charge in [-0.1, -0.05) is 0 Å². The van der Waals surface area contributed by atoms with Crippen LogP contribution in [0.2, 0.25) is 0 Å². The fraction of sp³-hybridized carbons (Fsp3) is 0.409. The number of anilines is 2. The molecule has 0 aliphatic carbocycles. The SMILES string of the molecule is C[C@@H](Nc1n[nH]c(=O)c2cnc([C@H]3CCCN(C)C3)cc12)c1cc(N)cc(C(F)(F)F)c1. The zero-order chi connectivity index (χ0) is 23.0. The van der Waals surface area contributed by atoms with Crippen LogP contribution >= 0.6 is 0 Å². The maximum atomic E-state index is 13.2. The Balaban J connectivity index is 1.70. The maximum Gasteiger partial charge on any atom is 0.416 e.